The minimum Gasteiger partial charge on any atom is -0.340 e. The molecule has 0 aromatic heterocycles. The van der Waals surface area contributed by atoms with Crippen molar-refractivity contribution in [2.45, 2.75) is 18.4 Å². The van der Waals surface area contributed by atoms with Crippen LogP contribution in [0.5, 0.6) is 0 Å². The third kappa shape index (κ3) is 1.95. The second kappa shape index (κ2) is 4.86. The Morgan fingerprint density at radius 2 is 1.85 bits per heavy atom. The van der Waals surface area contributed by atoms with E-state index in [1.165, 1.54) is 11.1 Å². The summed E-state index contributed by atoms with van der Waals surface area (Å²) in [7, 11) is 0. The van der Waals surface area contributed by atoms with Crippen molar-refractivity contribution < 1.29 is 4.79 Å². The van der Waals surface area contributed by atoms with Gasteiger partial charge in [-0.1, -0.05) is 24.3 Å². The largest absolute Gasteiger partial charge is 0.340 e. The van der Waals surface area contributed by atoms with E-state index in [4.69, 9.17) is 0 Å². The van der Waals surface area contributed by atoms with E-state index in [0.29, 0.717) is 11.9 Å². The molecule has 2 fully saturated rings. The molecule has 0 saturated carbocycles. The number of carbonyl (C=O) groups excluding carboxylic acids is 1. The predicted molar refractivity (Wildman–Crippen MR) is 77.7 cm³/mol. The fourth-order valence-electron chi connectivity index (χ4n) is 3.54. The molecule has 0 radical (unpaired) electrons. The Balaban J connectivity index is 1.37. The lowest BCUT2D eigenvalue weighted by atomic mass is 9.77. The molecule has 2 heterocycles. The number of carbonyl (C=O) groups is 1. The average Bonchev–Trinajstić information content (AvgIpc) is 2.39. The molecule has 4 heteroatoms. The Morgan fingerprint density at radius 1 is 1.10 bits per heavy atom. The number of nitrogens with zero attached hydrogens (tertiary/aromatic N) is 2. The van der Waals surface area contributed by atoms with Crippen LogP contribution in [0.15, 0.2) is 24.3 Å². The molecule has 2 aliphatic heterocycles. The van der Waals surface area contributed by atoms with E-state index in [2.05, 4.69) is 33.3 Å². The average molecular weight is 271 g/mol. The van der Waals surface area contributed by atoms with E-state index < -0.39 is 0 Å². The highest BCUT2D eigenvalue weighted by Gasteiger charge is 2.36. The molecule has 1 unspecified atom stereocenters. The zero-order valence-electron chi connectivity index (χ0n) is 11.7. The fraction of sp³-hybridized carbons (Fsp3) is 0.562. The van der Waals surface area contributed by atoms with Gasteiger partial charge in [-0.15, -0.1) is 0 Å². The third-order valence-corrected chi connectivity index (χ3v) is 5.05. The van der Waals surface area contributed by atoms with Gasteiger partial charge in [0.15, 0.2) is 0 Å². The molecule has 20 heavy (non-hydrogen) atoms. The van der Waals surface area contributed by atoms with E-state index in [1.807, 2.05) is 6.07 Å². The van der Waals surface area contributed by atoms with Crippen LogP contribution < -0.4 is 5.32 Å². The first kappa shape index (κ1) is 12.4. The Labute approximate surface area is 119 Å². The summed E-state index contributed by atoms with van der Waals surface area (Å²) in [5.74, 6) is 0.471. The van der Waals surface area contributed by atoms with Crippen molar-refractivity contribution in [3.63, 3.8) is 0 Å². The smallest absolute Gasteiger partial charge is 0.230 e. The first-order valence-corrected chi connectivity index (χ1v) is 7.64. The van der Waals surface area contributed by atoms with Gasteiger partial charge < -0.3 is 10.2 Å². The van der Waals surface area contributed by atoms with Gasteiger partial charge in [-0.3, -0.25) is 9.69 Å². The summed E-state index contributed by atoms with van der Waals surface area (Å²) in [4.78, 5) is 17.2. The van der Waals surface area contributed by atoms with Gasteiger partial charge in [0.25, 0.3) is 0 Å². The van der Waals surface area contributed by atoms with Gasteiger partial charge in [0, 0.05) is 45.3 Å². The normalized spacial score (nSPS) is 26.6. The number of amides is 1. The number of rotatable bonds is 2. The lowest BCUT2D eigenvalue weighted by Crippen LogP contribution is -2.62. The van der Waals surface area contributed by atoms with Crippen molar-refractivity contribution >= 4 is 5.91 Å². The van der Waals surface area contributed by atoms with Crippen LogP contribution >= 0.6 is 0 Å². The number of nitrogens with one attached hydrogen (secondary N) is 1. The molecule has 1 aromatic rings. The maximum absolute atomic E-state index is 12.6. The summed E-state index contributed by atoms with van der Waals surface area (Å²) in [6.45, 7) is 6.09. The molecule has 0 spiro atoms. The highest BCUT2D eigenvalue weighted by molar-refractivity contribution is 5.87. The summed E-state index contributed by atoms with van der Waals surface area (Å²) in [6.07, 6.45) is 0.932. The lowest BCUT2D eigenvalue weighted by molar-refractivity contribution is -0.135. The highest BCUT2D eigenvalue weighted by Crippen LogP contribution is 2.36. The predicted octanol–water partition coefficient (Wildman–Crippen LogP) is 0.442. The van der Waals surface area contributed by atoms with Gasteiger partial charge >= 0.3 is 0 Å². The van der Waals surface area contributed by atoms with Crippen molar-refractivity contribution in [1.29, 1.82) is 0 Å². The zero-order valence-corrected chi connectivity index (χ0v) is 11.7. The lowest BCUT2D eigenvalue weighted by Gasteiger charge is -2.44. The van der Waals surface area contributed by atoms with Crippen molar-refractivity contribution in [2.24, 2.45) is 0 Å². The fourth-order valence-corrected chi connectivity index (χ4v) is 3.54. The molecule has 1 aromatic carbocycles. The van der Waals surface area contributed by atoms with E-state index in [9.17, 15) is 4.79 Å². The van der Waals surface area contributed by atoms with Gasteiger partial charge in [0.1, 0.15) is 0 Å². The van der Waals surface area contributed by atoms with Crippen molar-refractivity contribution in [2.75, 3.05) is 39.3 Å². The van der Waals surface area contributed by atoms with Crippen LogP contribution in [0.4, 0.5) is 0 Å². The Hall–Kier alpha value is -1.39. The number of hydrogen-bond acceptors (Lipinski definition) is 3. The summed E-state index contributed by atoms with van der Waals surface area (Å²) < 4.78 is 0. The highest BCUT2D eigenvalue weighted by atomic mass is 16.2. The topological polar surface area (TPSA) is 35.6 Å². The summed E-state index contributed by atoms with van der Waals surface area (Å²) in [6, 6.07) is 9.06. The molecule has 2 saturated heterocycles. The van der Waals surface area contributed by atoms with Crippen LogP contribution in [0.1, 0.15) is 17.0 Å². The minimum atomic E-state index is 0.128. The third-order valence-electron chi connectivity index (χ3n) is 5.05. The molecule has 106 valence electrons. The number of piperazine rings is 1. The standard InChI is InChI=1S/C16H21N3O/c20-16(15-9-12-3-1-2-4-14(12)15)19-7-5-18(6-8-19)13-10-17-11-13/h1-4,13,15,17H,5-11H2. The van der Waals surface area contributed by atoms with Gasteiger partial charge in [0.05, 0.1) is 5.92 Å². The summed E-state index contributed by atoms with van der Waals surface area (Å²) in [5, 5.41) is 3.32. The van der Waals surface area contributed by atoms with Crippen LogP contribution in [0.2, 0.25) is 0 Å². The quantitative estimate of drug-likeness (QED) is 0.848. The van der Waals surface area contributed by atoms with E-state index in [-0.39, 0.29) is 5.92 Å². The maximum Gasteiger partial charge on any atom is 0.230 e. The molecule has 3 aliphatic rings. The molecular weight excluding hydrogens is 250 g/mol. The van der Waals surface area contributed by atoms with Crippen LogP contribution in [0.25, 0.3) is 0 Å². The summed E-state index contributed by atoms with van der Waals surface area (Å²) in [5.41, 5.74) is 2.60. The maximum atomic E-state index is 12.6. The molecule has 4 rings (SSSR count). The SMILES string of the molecule is O=C(C1Cc2ccccc21)N1CCN(C2CNC2)CC1. The van der Waals surface area contributed by atoms with Gasteiger partial charge in [-0.2, -0.15) is 0 Å². The molecule has 1 aliphatic carbocycles. The Kier molecular flexibility index (Phi) is 3.00. The molecule has 1 N–H and O–H groups in total. The van der Waals surface area contributed by atoms with Crippen LogP contribution in [-0.2, 0) is 11.2 Å². The number of hydrogen-bond donors (Lipinski definition) is 1. The van der Waals surface area contributed by atoms with Gasteiger partial charge in [-0.25, -0.2) is 0 Å². The Bertz CT molecular complexity index is 518. The molecule has 4 nitrogen and oxygen atoms in total. The van der Waals surface area contributed by atoms with E-state index in [1.54, 1.807) is 0 Å². The first-order valence-electron chi connectivity index (χ1n) is 7.64. The van der Waals surface area contributed by atoms with E-state index in [0.717, 1.165) is 45.7 Å². The van der Waals surface area contributed by atoms with Crippen molar-refractivity contribution in [1.82, 2.24) is 15.1 Å². The van der Waals surface area contributed by atoms with Gasteiger partial charge in [-0.05, 0) is 17.5 Å². The molecule has 1 atom stereocenters. The van der Waals surface area contributed by atoms with E-state index >= 15 is 0 Å². The minimum absolute atomic E-state index is 0.128. The van der Waals surface area contributed by atoms with Crippen LogP contribution in [0, 0.1) is 0 Å². The zero-order chi connectivity index (χ0) is 13.5. The Morgan fingerprint density at radius 3 is 2.50 bits per heavy atom. The van der Waals surface area contributed by atoms with Crippen molar-refractivity contribution in [3.8, 4) is 0 Å². The van der Waals surface area contributed by atoms with Gasteiger partial charge in [0.2, 0.25) is 5.91 Å². The second-order valence-corrected chi connectivity index (χ2v) is 6.13. The second-order valence-electron chi connectivity index (χ2n) is 6.13. The first-order chi connectivity index (χ1) is 9.83. The van der Waals surface area contributed by atoms with Crippen LogP contribution in [0.3, 0.4) is 0 Å². The molecule has 1 amide bonds. The summed E-state index contributed by atoms with van der Waals surface area (Å²) >= 11 is 0. The number of fused-ring (bicyclic) bond motifs is 1. The van der Waals surface area contributed by atoms with Crippen molar-refractivity contribution in [3.05, 3.63) is 35.4 Å². The van der Waals surface area contributed by atoms with Crippen LogP contribution in [-0.4, -0.2) is 61.0 Å². The molecular formula is C16H21N3O. The number of benzene rings is 1. The molecule has 0 bridgehead atoms. The monoisotopic (exact) mass is 271 g/mol.